The van der Waals surface area contributed by atoms with Gasteiger partial charge in [-0.25, -0.2) is 9.50 Å². The molecule has 6 nitrogen and oxygen atoms in total. The van der Waals surface area contributed by atoms with Gasteiger partial charge in [-0.05, 0) is 36.4 Å². The molecule has 0 aliphatic rings. The highest BCUT2D eigenvalue weighted by atomic mass is 35.5. The van der Waals surface area contributed by atoms with E-state index in [2.05, 4.69) is 16.2 Å². The summed E-state index contributed by atoms with van der Waals surface area (Å²) in [5.41, 5.74) is 3.07. The molecule has 4 rings (SSSR count). The molecule has 0 amide bonds. The molecule has 2 aromatic heterocycles. The number of hydrogen-bond donors (Lipinski definition) is 0. The second kappa shape index (κ2) is 6.98. The van der Waals surface area contributed by atoms with E-state index in [1.54, 1.807) is 24.0 Å². The van der Waals surface area contributed by atoms with Crippen molar-refractivity contribution < 1.29 is 4.74 Å². The van der Waals surface area contributed by atoms with Gasteiger partial charge in [-0.2, -0.15) is 10.4 Å². The van der Waals surface area contributed by atoms with Gasteiger partial charge in [-0.1, -0.05) is 29.8 Å². The number of para-hydroxylation sites is 1. The van der Waals surface area contributed by atoms with Crippen LogP contribution in [-0.4, -0.2) is 21.7 Å². The van der Waals surface area contributed by atoms with Gasteiger partial charge in [0.1, 0.15) is 23.1 Å². The molecular weight excluding hydrogens is 362 g/mol. The van der Waals surface area contributed by atoms with E-state index in [9.17, 15) is 5.26 Å². The van der Waals surface area contributed by atoms with E-state index in [0.717, 1.165) is 17.1 Å². The third-order valence-corrected chi connectivity index (χ3v) is 4.42. The van der Waals surface area contributed by atoms with E-state index in [-0.39, 0.29) is 10.7 Å². The van der Waals surface area contributed by atoms with Crippen LogP contribution in [0.3, 0.4) is 0 Å². The summed E-state index contributed by atoms with van der Waals surface area (Å²) >= 11 is 6.30. The van der Waals surface area contributed by atoms with Gasteiger partial charge in [0.05, 0.1) is 7.11 Å². The molecule has 27 heavy (non-hydrogen) atoms. The summed E-state index contributed by atoms with van der Waals surface area (Å²) < 4.78 is 6.83. The number of nitrogens with zero attached hydrogens (tertiary/aromatic N) is 5. The molecule has 2 aromatic carbocycles. The van der Waals surface area contributed by atoms with Crippen LogP contribution in [0.5, 0.6) is 5.75 Å². The maximum absolute atomic E-state index is 9.76. The maximum Gasteiger partial charge on any atom is 0.179 e. The van der Waals surface area contributed by atoms with Gasteiger partial charge >= 0.3 is 0 Å². The lowest BCUT2D eigenvalue weighted by Crippen LogP contribution is -2.14. The van der Waals surface area contributed by atoms with Crippen molar-refractivity contribution in [3.05, 3.63) is 77.7 Å². The summed E-state index contributed by atoms with van der Waals surface area (Å²) in [5.74, 6) is 0.742. The summed E-state index contributed by atoms with van der Waals surface area (Å²) in [7, 11) is 1.62. The highest BCUT2D eigenvalue weighted by Crippen LogP contribution is 2.40. The van der Waals surface area contributed by atoms with E-state index in [4.69, 9.17) is 16.3 Å². The monoisotopic (exact) mass is 375 g/mol. The Morgan fingerprint density at radius 1 is 1.07 bits per heavy atom. The van der Waals surface area contributed by atoms with Crippen LogP contribution < -0.4 is 9.64 Å². The van der Waals surface area contributed by atoms with Crippen molar-refractivity contribution in [3.8, 4) is 11.8 Å². The quantitative estimate of drug-likeness (QED) is 0.515. The summed E-state index contributed by atoms with van der Waals surface area (Å²) in [6, 6.07) is 19.5. The summed E-state index contributed by atoms with van der Waals surface area (Å²) in [4.78, 5) is 6.34. The highest BCUT2D eigenvalue weighted by molar-refractivity contribution is 6.31. The van der Waals surface area contributed by atoms with Crippen molar-refractivity contribution in [1.29, 1.82) is 5.26 Å². The van der Waals surface area contributed by atoms with Crippen LogP contribution in [-0.2, 0) is 0 Å². The number of hydrogen-bond acceptors (Lipinski definition) is 5. The molecule has 2 heterocycles. The molecule has 7 heteroatoms. The van der Waals surface area contributed by atoms with Crippen molar-refractivity contribution in [1.82, 2.24) is 14.6 Å². The van der Waals surface area contributed by atoms with Crippen LogP contribution >= 0.6 is 11.6 Å². The zero-order valence-electron chi connectivity index (χ0n) is 14.4. The van der Waals surface area contributed by atoms with Crippen molar-refractivity contribution in [2.24, 2.45) is 0 Å². The lowest BCUT2D eigenvalue weighted by Gasteiger charge is -2.26. The van der Waals surface area contributed by atoms with Crippen LogP contribution in [0.1, 0.15) is 5.56 Å². The van der Waals surface area contributed by atoms with E-state index >= 15 is 0 Å². The Hall–Kier alpha value is -3.56. The first kappa shape index (κ1) is 16.9. The Bertz CT molecular complexity index is 1130. The minimum Gasteiger partial charge on any atom is -0.497 e. The van der Waals surface area contributed by atoms with Gasteiger partial charge in [0, 0.05) is 23.8 Å². The second-order valence-electron chi connectivity index (χ2n) is 5.69. The average Bonchev–Trinajstić information content (AvgIpc) is 3.17. The van der Waals surface area contributed by atoms with Crippen molar-refractivity contribution >= 4 is 34.3 Å². The van der Waals surface area contributed by atoms with E-state index in [1.165, 1.54) is 0 Å². The molecule has 0 aliphatic heterocycles. The Balaban J connectivity index is 2.04. The molecule has 0 N–H and O–H groups in total. The lowest BCUT2D eigenvalue weighted by atomic mass is 10.1. The van der Waals surface area contributed by atoms with Crippen LogP contribution in [0.4, 0.5) is 17.1 Å². The van der Waals surface area contributed by atoms with Crippen LogP contribution in [0, 0.1) is 11.3 Å². The lowest BCUT2D eigenvalue weighted by molar-refractivity contribution is 0.415. The third kappa shape index (κ3) is 2.94. The highest BCUT2D eigenvalue weighted by Gasteiger charge is 2.23. The summed E-state index contributed by atoms with van der Waals surface area (Å²) in [6.45, 7) is 0. The predicted octanol–water partition coefficient (Wildman–Crippen LogP) is 4.73. The first-order valence-electron chi connectivity index (χ1n) is 8.15. The van der Waals surface area contributed by atoms with E-state index in [0.29, 0.717) is 11.3 Å². The van der Waals surface area contributed by atoms with E-state index < -0.39 is 0 Å². The van der Waals surface area contributed by atoms with Gasteiger partial charge in [0.2, 0.25) is 0 Å². The van der Waals surface area contributed by atoms with Crippen molar-refractivity contribution in [2.75, 3.05) is 12.0 Å². The Labute approximate surface area is 160 Å². The minimum absolute atomic E-state index is 0.118. The number of ether oxygens (including phenoxy) is 1. The number of aromatic nitrogens is 3. The van der Waals surface area contributed by atoms with Gasteiger partial charge in [-0.3, -0.25) is 0 Å². The average molecular weight is 376 g/mol. The normalized spacial score (nSPS) is 10.6. The standard InChI is InChI=1S/C20H14ClN5O/c1-27-16-9-7-15(8-10-16)26(14-5-3-2-4-6-14)18-17(13-22)19(21)24-25-12-11-23-20(18)25/h2-12H,1H3. The Morgan fingerprint density at radius 3 is 2.44 bits per heavy atom. The van der Waals surface area contributed by atoms with Gasteiger partial charge in [-0.15, -0.1) is 0 Å². The van der Waals surface area contributed by atoms with Gasteiger partial charge in [0.25, 0.3) is 0 Å². The molecular formula is C20H14ClN5O. The summed E-state index contributed by atoms with van der Waals surface area (Å²) in [5, 5.41) is 14.1. The number of halogens is 1. The Morgan fingerprint density at radius 2 is 1.78 bits per heavy atom. The molecule has 0 atom stereocenters. The van der Waals surface area contributed by atoms with E-state index in [1.807, 2.05) is 59.5 Å². The fraction of sp³-hybridized carbons (Fsp3) is 0.0500. The summed E-state index contributed by atoms with van der Waals surface area (Å²) in [6.07, 6.45) is 3.32. The molecule has 0 spiro atoms. The Kier molecular flexibility index (Phi) is 4.37. The number of fused-ring (bicyclic) bond motifs is 1. The number of benzene rings is 2. The molecule has 0 saturated heterocycles. The van der Waals surface area contributed by atoms with Crippen molar-refractivity contribution in [2.45, 2.75) is 0 Å². The van der Waals surface area contributed by atoms with Crippen LogP contribution in [0.15, 0.2) is 67.0 Å². The molecule has 0 saturated carbocycles. The minimum atomic E-state index is 0.118. The maximum atomic E-state index is 9.76. The second-order valence-corrected chi connectivity index (χ2v) is 6.05. The van der Waals surface area contributed by atoms with Crippen LogP contribution in [0.2, 0.25) is 5.15 Å². The molecule has 4 aromatic rings. The number of imidazole rings is 1. The number of anilines is 3. The molecule has 0 radical (unpaired) electrons. The first-order valence-corrected chi connectivity index (χ1v) is 8.53. The number of methoxy groups -OCH3 is 1. The number of nitriles is 1. The zero-order valence-corrected chi connectivity index (χ0v) is 15.1. The topological polar surface area (TPSA) is 66.5 Å². The third-order valence-electron chi connectivity index (χ3n) is 4.15. The fourth-order valence-electron chi connectivity index (χ4n) is 2.93. The largest absolute Gasteiger partial charge is 0.497 e. The fourth-order valence-corrected chi connectivity index (χ4v) is 3.14. The van der Waals surface area contributed by atoms with Crippen molar-refractivity contribution in [3.63, 3.8) is 0 Å². The predicted molar refractivity (Wildman–Crippen MR) is 104 cm³/mol. The first-order chi connectivity index (χ1) is 13.2. The molecule has 0 aliphatic carbocycles. The SMILES string of the molecule is COc1ccc(N(c2ccccc2)c2c(C#N)c(Cl)nn3ccnc23)cc1. The van der Waals surface area contributed by atoms with Crippen LogP contribution in [0.25, 0.3) is 5.65 Å². The molecule has 132 valence electrons. The zero-order chi connectivity index (χ0) is 18.8. The molecule has 0 fully saturated rings. The van der Waals surface area contributed by atoms with Gasteiger partial charge in [0.15, 0.2) is 10.8 Å². The molecule has 0 bridgehead atoms. The van der Waals surface area contributed by atoms with Gasteiger partial charge < -0.3 is 9.64 Å². The number of rotatable bonds is 4. The molecule has 0 unspecified atom stereocenters. The smallest absolute Gasteiger partial charge is 0.179 e.